The van der Waals surface area contributed by atoms with Crippen molar-refractivity contribution in [2.45, 2.75) is 20.0 Å². The van der Waals surface area contributed by atoms with Crippen LogP contribution in [0.2, 0.25) is 0 Å². The predicted molar refractivity (Wildman–Crippen MR) is 90.0 cm³/mol. The summed E-state index contributed by atoms with van der Waals surface area (Å²) in [6.07, 6.45) is 0.103. The Kier molecular flexibility index (Phi) is 5.08. The van der Waals surface area contributed by atoms with E-state index in [0.29, 0.717) is 22.1 Å². The molecule has 0 aliphatic rings. The lowest BCUT2D eigenvalue weighted by atomic mass is 10.2. The number of alkyl halides is 2. The summed E-state index contributed by atoms with van der Waals surface area (Å²) in [5.41, 5.74) is 1.12. The molecule has 0 spiro atoms. The van der Waals surface area contributed by atoms with E-state index in [9.17, 15) is 13.6 Å². The molecule has 3 rings (SSSR count). The highest BCUT2D eigenvalue weighted by molar-refractivity contribution is 7.13. The van der Waals surface area contributed by atoms with Gasteiger partial charge in [0.25, 0.3) is 0 Å². The number of rotatable bonds is 6. The number of halogens is 2. The second kappa shape index (κ2) is 7.43. The largest absolute Gasteiger partial charge is 0.459 e. The van der Waals surface area contributed by atoms with Crippen molar-refractivity contribution >= 4 is 22.9 Å². The number of carbonyl (C=O) groups excluding carboxylic acids is 1. The number of amides is 1. The lowest BCUT2D eigenvalue weighted by Crippen LogP contribution is -2.14. The van der Waals surface area contributed by atoms with Crippen molar-refractivity contribution in [2.75, 3.05) is 5.32 Å². The molecule has 5 nitrogen and oxygen atoms in total. The number of ether oxygens (including phenoxy) is 1. The molecule has 0 unspecified atom stereocenters. The number of nitrogens with zero attached hydrogens (tertiary/aromatic N) is 1. The number of hydrogen-bond donors (Lipinski definition) is 1. The zero-order valence-corrected chi connectivity index (χ0v) is 14.0. The number of aryl methyl sites for hydroxylation is 1. The van der Waals surface area contributed by atoms with Gasteiger partial charge in [-0.3, -0.25) is 4.79 Å². The smallest absolute Gasteiger partial charge is 0.387 e. The standard InChI is InChI=1S/C17H14F2N2O3S/c1-10-2-7-14(23-10)16-21-12(9-25-16)8-15(22)20-11-3-5-13(6-4-11)24-17(18)19/h2-7,9,17H,8H2,1H3,(H,20,22). The summed E-state index contributed by atoms with van der Waals surface area (Å²) in [5, 5.41) is 5.19. The van der Waals surface area contributed by atoms with Crippen LogP contribution in [-0.2, 0) is 11.2 Å². The van der Waals surface area contributed by atoms with E-state index in [2.05, 4.69) is 15.0 Å². The van der Waals surface area contributed by atoms with Crippen molar-refractivity contribution in [1.82, 2.24) is 4.98 Å². The first-order valence-corrected chi connectivity index (χ1v) is 8.23. The molecule has 0 aliphatic heterocycles. The Labute approximate surface area is 146 Å². The summed E-state index contributed by atoms with van der Waals surface area (Å²) in [4.78, 5) is 16.5. The van der Waals surface area contributed by atoms with Crippen LogP contribution < -0.4 is 10.1 Å². The molecule has 0 atom stereocenters. The molecule has 25 heavy (non-hydrogen) atoms. The fraction of sp³-hybridized carbons (Fsp3) is 0.176. The van der Waals surface area contributed by atoms with Crippen LogP contribution in [0.1, 0.15) is 11.5 Å². The summed E-state index contributed by atoms with van der Waals surface area (Å²) in [6.45, 7) is -1.03. The van der Waals surface area contributed by atoms with Gasteiger partial charge in [0.15, 0.2) is 10.8 Å². The number of carbonyl (C=O) groups is 1. The number of furan rings is 1. The number of thiazole rings is 1. The Morgan fingerprint density at radius 1 is 1.28 bits per heavy atom. The molecule has 0 bridgehead atoms. The number of anilines is 1. The minimum Gasteiger partial charge on any atom is -0.459 e. The van der Waals surface area contributed by atoms with Gasteiger partial charge in [-0.2, -0.15) is 8.78 Å². The van der Waals surface area contributed by atoms with Gasteiger partial charge in [0.2, 0.25) is 5.91 Å². The highest BCUT2D eigenvalue weighted by atomic mass is 32.1. The maximum absolute atomic E-state index is 12.1. The minimum atomic E-state index is -2.88. The summed E-state index contributed by atoms with van der Waals surface area (Å²) in [7, 11) is 0. The van der Waals surface area contributed by atoms with Crippen molar-refractivity contribution in [1.29, 1.82) is 0 Å². The van der Waals surface area contributed by atoms with E-state index < -0.39 is 6.61 Å². The molecule has 3 aromatic rings. The normalized spacial score (nSPS) is 10.9. The molecule has 0 radical (unpaired) electrons. The molecular weight excluding hydrogens is 350 g/mol. The van der Waals surface area contributed by atoms with Crippen molar-refractivity contribution in [2.24, 2.45) is 0 Å². The molecule has 1 amide bonds. The van der Waals surface area contributed by atoms with Crippen molar-refractivity contribution in [3.63, 3.8) is 0 Å². The van der Waals surface area contributed by atoms with Crippen LogP contribution in [0.3, 0.4) is 0 Å². The molecular formula is C17H14F2N2O3S. The van der Waals surface area contributed by atoms with E-state index in [1.807, 2.05) is 19.1 Å². The number of nitrogens with one attached hydrogen (secondary N) is 1. The molecule has 1 N–H and O–H groups in total. The van der Waals surface area contributed by atoms with Crippen LogP contribution in [0.15, 0.2) is 46.2 Å². The quantitative estimate of drug-likeness (QED) is 0.700. The van der Waals surface area contributed by atoms with Crippen LogP contribution in [0.5, 0.6) is 5.75 Å². The Hall–Kier alpha value is -2.74. The Balaban J connectivity index is 1.58. The van der Waals surface area contributed by atoms with Crippen LogP contribution >= 0.6 is 11.3 Å². The molecule has 0 aliphatic carbocycles. The molecule has 8 heteroatoms. The third-order valence-corrected chi connectivity index (χ3v) is 4.11. The Morgan fingerprint density at radius 2 is 2.04 bits per heavy atom. The third-order valence-electron chi connectivity index (χ3n) is 3.21. The highest BCUT2D eigenvalue weighted by Crippen LogP contribution is 2.26. The predicted octanol–water partition coefficient (Wildman–Crippen LogP) is 4.49. The SMILES string of the molecule is Cc1ccc(-c2nc(CC(=O)Nc3ccc(OC(F)F)cc3)cs2)o1. The van der Waals surface area contributed by atoms with Crippen LogP contribution in [0.25, 0.3) is 10.8 Å². The van der Waals surface area contributed by atoms with Gasteiger partial charge in [-0.05, 0) is 43.3 Å². The van der Waals surface area contributed by atoms with Crippen molar-refractivity contribution in [3.05, 3.63) is 53.2 Å². The summed E-state index contributed by atoms with van der Waals surface area (Å²) in [6, 6.07) is 9.40. The minimum absolute atomic E-state index is 0.0332. The van der Waals surface area contributed by atoms with Gasteiger partial charge >= 0.3 is 6.61 Å². The highest BCUT2D eigenvalue weighted by Gasteiger charge is 2.12. The lowest BCUT2D eigenvalue weighted by molar-refractivity contribution is -0.115. The number of aromatic nitrogens is 1. The van der Waals surface area contributed by atoms with Crippen LogP contribution in [0.4, 0.5) is 14.5 Å². The second-order valence-corrected chi connectivity index (χ2v) is 6.04. The van der Waals surface area contributed by atoms with Gasteiger partial charge in [0, 0.05) is 11.1 Å². The molecule has 0 saturated carbocycles. The van der Waals surface area contributed by atoms with E-state index in [0.717, 1.165) is 5.76 Å². The van der Waals surface area contributed by atoms with Crippen molar-refractivity contribution < 1.29 is 22.7 Å². The van der Waals surface area contributed by atoms with Gasteiger partial charge < -0.3 is 14.5 Å². The van der Waals surface area contributed by atoms with Gasteiger partial charge in [0.1, 0.15) is 11.5 Å². The Bertz CT molecular complexity index is 859. The van der Waals surface area contributed by atoms with E-state index >= 15 is 0 Å². The maximum atomic E-state index is 12.1. The van der Waals surface area contributed by atoms with E-state index in [1.165, 1.54) is 35.6 Å². The third kappa shape index (κ3) is 4.63. The average molecular weight is 364 g/mol. The molecule has 1 aromatic carbocycles. The lowest BCUT2D eigenvalue weighted by Gasteiger charge is -2.07. The molecule has 130 valence electrons. The number of hydrogen-bond acceptors (Lipinski definition) is 5. The Morgan fingerprint density at radius 3 is 2.68 bits per heavy atom. The fourth-order valence-electron chi connectivity index (χ4n) is 2.14. The first-order valence-electron chi connectivity index (χ1n) is 7.35. The first kappa shape index (κ1) is 17.1. The van der Waals surface area contributed by atoms with Gasteiger partial charge in [-0.1, -0.05) is 0 Å². The second-order valence-electron chi connectivity index (χ2n) is 5.18. The zero-order valence-electron chi connectivity index (χ0n) is 13.2. The van der Waals surface area contributed by atoms with Crippen LogP contribution in [-0.4, -0.2) is 17.5 Å². The van der Waals surface area contributed by atoms with Crippen LogP contribution in [0, 0.1) is 6.92 Å². The zero-order chi connectivity index (χ0) is 17.8. The monoisotopic (exact) mass is 364 g/mol. The topological polar surface area (TPSA) is 64.4 Å². The van der Waals surface area contributed by atoms with E-state index in [1.54, 1.807) is 5.38 Å². The summed E-state index contributed by atoms with van der Waals surface area (Å²) >= 11 is 1.40. The number of benzene rings is 1. The molecule has 0 fully saturated rings. The van der Waals surface area contributed by atoms with Gasteiger partial charge in [0.05, 0.1) is 12.1 Å². The summed E-state index contributed by atoms with van der Waals surface area (Å²) < 4.78 is 33.9. The van der Waals surface area contributed by atoms with E-state index in [-0.39, 0.29) is 18.1 Å². The fourth-order valence-corrected chi connectivity index (χ4v) is 2.92. The molecule has 2 aromatic heterocycles. The summed E-state index contributed by atoms with van der Waals surface area (Å²) in [5.74, 6) is 1.24. The maximum Gasteiger partial charge on any atom is 0.387 e. The van der Waals surface area contributed by atoms with Gasteiger partial charge in [-0.15, -0.1) is 11.3 Å². The molecule has 2 heterocycles. The van der Waals surface area contributed by atoms with Gasteiger partial charge in [-0.25, -0.2) is 4.98 Å². The first-order chi connectivity index (χ1) is 12.0. The van der Waals surface area contributed by atoms with E-state index in [4.69, 9.17) is 4.42 Å². The average Bonchev–Trinajstić information content (AvgIpc) is 3.17. The van der Waals surface area contributed by atoms with Crippen molar-refractivity contribution in [3.8, 4) is 16.5 Å². The molecule has 0 saturated heterocycles.